The number of aromatic nitrogens is 3. The minimum atomic E-state index is -3.78. The first kappa shape index (κ1) is 27.8. The average molecular weight is 541 g/mol. The number of carboxylic acids is 1. The van der Waals surface area contributed by atoms with Gasteiger partial charge in [0.2, 0.25) is 10.0 Å². The topological polar surface area (TPSA) is 115 Å². The molecule has 1 aliphatic heterocycles. The van der Waals surface area contributed by atoms with E-state index in [1.54, 1.807) is 28.9 Å². The molecule has 2 unspecified atom stereocenters. The summed E-state index contributed by atoms with van der Waals surface area (Å²) in [6, 6.07) is 12.6. The standard InChI is InChI=1S/C28H36N4O5S/c1-4-14-31-18-24(29-30-31)13-12-22(16-28(33)34)21-11-10-20(3)23(15-21)17-32-19-25(5-2)37-26-8-6-7-9-27(26)38(32,35)36/h6-11,15,18,22,25H,4-5,12-14,16-17,19H2,1-3H3,(H,33,34). The van der Waals surface area contributed by atoms with Crippen molar-refractivity contribution in [2.24, 2.45) is 0 Å². The third kappa shape index (κ3) is 6.42. The highest BCUT2D eigenvalue weighted by Crippen LogP contribution is 2.34. The van der Waals surface area contributed by atoms with Crippen molar-refractivity contribution in [3.8, 4) is 5.75 Å². The highest BCUT2D eigenvalue weighted by atomic mass is 32.2. The summed E-state index contributed by atoms with van der Waals surface area (Å²) in [6.07, 6.45) is 4.46. The highest BCUT2D eigenvalue weighted by molar-refractivity contribution is 7.89. The zero-order valence-electron chi connectivity index (χ0n) is 22.2. The van der Waals surface area contributed by atoms with Crippen molar-refractivity contribution < 1.29 is 23.1 Å². The summed E-state index contributed by atoms with van der Waals surface area (Å²) >= 11 is 0. The lowest BCUT2D eigenvalue weighted by Gasteiger charge is -2.24. The molecule has 2 atom stereocenters. The molecule has 0 radical (unpaired) electrons. The van der Waals surface area contributed by atoms with Crippen LogP contribution in [0.4, 0.5) is 0 Å². The first-order valence-electron chi connectivity index (χ1n) is 13.2. The second kappa shape index (κ2) is 12.1. The van der Waals surface area contributed by atoms with Gasteiger partial charge < -0.3 is 9.84 Å². The van der Waals surface area contributed by atoms with Gasteiger partial charge in [-0.2, -0.15) is 4.31 Å². The Kier molecular flexibility index (Phi) is 8.83. The van der Waals surface area contributed by atoms with E-state index >= 15 is 0 Å². The fraction of sp³-hybridized carbons (Fsp3) is 0.464. The molecular formula is C28H36N4O5S. The number of carboxylic acid groups (broad SMARTS) is 1. The van der Waals surface area contributed by atoms with Gasteiger partial charge in [0.05, 0.1) is 18.7 Å². The van der Waals surface area contributed by atoms with Crippen molar-refractivity contribution in [3.05, 3.63) is 71.0 Å². The van der Waals surface area contributed by atoms with Crippen LogP contribution in [0.2, 0.25) is 0 Å². The molecule has 1 N–H and O–H groups in total. The van der Waals surface area contributed by atoms with Gasteiger partial charge in [0.15, 0.2) is 0 Å². The van der Waals surface area contributed by atoms with Crippen LogP contribution in [-0.2, 0) is 34.3 Å². The normalized spacial score (nSPS) is 17.8. The molecule has 0 saturated heterocycles. The van der Waals surface area contributed by atoms with E-state index in [-0.39, 0.29) is 36.4 Å². The molecule has 3 aromatic rings. The number of benzene rings is 2. The van der Waals surface area contributed by atoms with E-state index in [2.05, 4.69) is 17.2 Å². The zero-order chi connectivity index (χ0) is 27.3. The summed E-state index contributed by atoms with van der Waals surface area (Å²) in [5.74, 6) is -0.734. The van der Waals surface area contributed by atoms with Crippen molar-refractivity contribution >= 4 is 16.0 Å². The van der Waals surface area contributed by atoms with Crippen LogP contribution < -0.4 is 4.74 Å². The van der Waals surface area contributed by atoms with Crippen LogP contribution in [0, 0.1) is 6.92 Å². The van der Waals surface area contributed by atoms with Gasteiger partial charge in [0.1, 0.15) is 16.7 Å². The number of sulfonamides is 1. The Morgan fingerprint density at radius 3 is 2.74 bits per heavy atom. The number of fused-ring (bicyclic) bond motifs is 1. The van der Waals surface area contributed by atoms with Crippen LogP contribution in [0.1, 0.15) is 67.8 Å². The van der Waals surface area contributed by atoms with Crippen molar-refractivity contribution in [2.45, 2.75) is 82.9 Å². The van der Waals surface area contributed by atoms with Crippen LogP contribution in [0.25, 0.3) is 0 Å². The van der Waals surface area contributed by atoms with Gasteiger partial charge in [0, 0.05) is 19.3 Å². The maximum Gasteiger partial charge on any atom is 0.303 e. The maximum atomic E-state index is 13.6. The number of aryl methyl sites for hydroxylation is 3. The first-order valence-corrected chi connectivity index (χ1v) is 14.6. The van der Waals surface area contributed by atoms with E-state index in [0.29, 0.717) is 25.0 Å². The summed E-state index contributed by atoms with van der Waals surface area (Å²) in [7, 11) is -3.78. The summed E-state index contributed by atoms with van der Waals surface area (Å²) in [4.78, 5) is 11.9. The Balaban J connectivity index is 1.60. The van der Waals surface area contributed by atoms with E-state index in [1.165, 1.54) is 4.31 Å². The predicted molar refractivity (Wildman–Crippen MR) is 144 cm³/mol. The van der Waals surface area contributed by atoms with Crippen molar-refractivity contribution in [1.29, 1.82) is 0 Å². The molecule has 1 aliphatic rings. The number of ether oxygens (including phenoxy) is 1. The number of rotatable bonds is 11. The largest absolute Gasteiger partial charge is 0.488 e. The SMILES string of the molecule is CCCn1cc(CCC(CC(=O)O)c2ccc(C)c(CN3CC(CC)Oc4ccccc4S3(=O)=O)c2)nn1. The number of para-hydroxylation sites is 1. The van der Waals surface area contributed by atoms with Gasteiger partial charge >= 0.3 is 5.97 Å². The Hall–Kier alpha value is -3.24. The molecule has 204 valence electrons. The van der Waals surface area contributed by atoms with Crippen LogP contribution in [0.5, 0.6) is 5.75 Å². The Labute approximate surface area is 224 Å². The maximum absolute atomic E-state index is 13.6. The van der Waals surface area contributed by atoms with Crippen LogP contribution in [-0.4, -0.2) is 51.4 Å². The van der Waals surface area contributed by atoms with Gasteiger partial charge in [-0.1, -0.05) is 49.4 Å². The summed E-state index contributed by atoms with van der Waals surface area (Å²) in [5, 5.41) is 18.0. The van der Waals surface area contributed by atoms with E-state index in [0.717, 1.165) is 35.3 Å². The third-order valence-electron chi connectivity index (χ3n) is 7.02. The number of nitrogens with zero attached hydrogens (tertiary/aromatic N) is 4. The monoisotopic (exact) mass is 540 g/mol. The molecule has 0 spiro atoms. The lowest BCUT2D eigenvalue weighted by molar-refractivity contribution is -0.137. The fourth-order valence-electron chi connectivity index (χ4n) is 4.82. The van der Waals surface area contributed by atoms with Crippen LogP contribution in [0.15, 0.2) is 53.6 Å². The number of carbonyl (C=O) groups is 1. The van der Waals surface area contributed by atoms with Gasteiger partial charge in [-0.3, -0.25) is 9.48 Å². The van der Waals surface area contributed by atoms with E-state index in [9.17, 15) is 18.3 Å². The second-order valence-electron chi connectivity index (χ2n) is 9.88. The van der Waals surface area contributed by atoms with Crippen molar-refractivity contribution in [2.75, 3.05) is 6.54 Å². The van der Waals surface area contributed by atoms with E-state index < -0.39 is 16.0 Å². The smallest absolute Gasteiger partial charge is 0.303 e. The average Bonchev–Trinajstić information content (AvgIpc) is 3.30. The number of hydrogen-bond acceptors (Lipinski definition) is 6. The Bertz CT molecular complexity index is 1370. The highest BCUT2D eigenvalue weighted by Gasteiger charge is 2.34. The molecule has 1 aromatic heterocycles. The lowest BCUT2D eigenvalue weighted by atomic mass is 9.88. The molecule has 4 rings (SSSR count). The quantitative estimate of drug-likeness (QED) is 0.379. The first-order chi connectivity index (χ1) is 18.2. The minimum Gasteiger partial charge on any atom is -0.488 e. The second-order valence-corrected chi connectivity index (χ2v) is 11.8. The summed E-state index contributed by atoms with van der Waals surface area (Å²) in [5.41, 5.74) is 3.52. The summed E-state index contributed by atoms with van der Waals surface area (Å²) in [6.45, 7) is 7.21. The molecule has 0 aliphatic carbocycles. The summed E-state index contributed by atoms with van der Waals surface area (Å²) < 4.78 is 36.6. The van der Waals surface area contributed by atoms with Gasteiger partial charge in [-0.15, -0.1) is 5.10 Å². The Morgan fingerprint density at radius 1 is 1.21 bits per heavy atom. The van der Waals surface area contributed by atoms with Gasteiger partial charge in [-0.25, -0.2) is 8.42 Å². The van der Waals surface area contributed by atoms with E-state index in [1.807, 2.05) is 38.2 Å². The van der Waals surface area contributed by atoms with Crippen molar-refractivity contribution in [3.63, 3.8) is 0 Å². The van der Waals surface area contributed by atoms with E-state index in [4.69, 9.17) is 4.74 Å². The van der Waals surface area contributed by atoms with Gasteiger partial charge in [0.25, 0.3) is 0 Å². The molecule has 0 saturated carbocycles. The molecule has 0 amide bonds. The van der Waals surface area contributed by atoms with Gasteiger partial charge in [-0.05, 0) is 67.3 Å². The molecule has 0 fully saturated rings. The Morgan fingerprint density at radius 2 is 2.00 bits per heavy atom. The van der Waals surface area contributed by atoms with Crippen molar-refractivity contribution in [1.82, 2.24) is 19.3 Å². The third-order valence-corrected chi connectivity index (χ3v) is 8.87. The molecule has 38 heavy (non-hydrogen) atoms. The molecule has 0 bridgehead atoms. The predicted octanol–water partition coefficient (Wildman–Crippen LogP) is 4.55. The molecule has 2 heterocycles. The fourth-order valence-corrected chi connectivity index (χ4v) is 6.39. The van der Waals surface area contributed by atoms with Crippen LogP contribution >= 0.6 is 0 Å². The minimum absolute atomic E-state index is 0.0211. The zero-order valence-corrected chi connectivity index (χ0v) is 23.0. The van der Waals surface area contributed by atoms with Crippen LogP contribution in [0.3, 0.4) is 0 Å². The lowest BCUT2D eigenvalue weighted by Crippen LogP contribution is -2.36. The molecular weight excluding hydrogens is 504 g/mol. The molecule has 9 nitrogen and oxygen atoms in total. The number of aliphatic carboxylic acids is 1. The molecule has 2 aromatic carbocycles. The number of hydrogen-bond donors (Lipinski definition) is 1. The molecule has 10 heteroatoms.